The molecule has 0 spiro atoms. The van der Waals surface area contributed by atoms with Crippen LogP contribution in [-0.4, -0.2) is 26.0 Å². The van der Waals surface area contributed by atoms with Gasteiger partial charge < -0.3 is 15.4 Å². The molecule has 0 unspecified atom stereocenters. The van der Waals surface area contributed by atoms with Crippen molar-refractivity contribution in [1.82, 2.24) is 0 Å². The molecule has 0 atom stereocenters. The van der Waals surface area contributed by atoms with Crippen LogP contribution in [0.5, 0.6) is 5.75 Å². The number of primary amides is 1. The second kappa shape index (κ2) is 5.30. The number of nitrogens with zero attached hydrogens (tertiary/aromatic N) is 1. The first-order valence-electron chi connectivity index (χ1n) is 5.94. The van der Waals surface area contributed by atoms with Crippen molar-refractivity contribution in [2.45, 2.75) is 26.2 Å². The largest absolute Gasteiger partial charge is 0.496 e. The zero-order chi connectivity index (χ0) is 14.8. The minimum absolute atomic E-state index is 0.141. The van der Waals surface area contributed by atoms with Gasteiger partial charge >= 0.3 is 11.8 Å². The van der Waals surface area contributed by atoms with Gasteiger partial charge in [-0.05, 0) is 23.6 Å². The first-order valence-corrected chi connectivity index (χ1v) is 5.94. The second-order valence-corrected chi connectivity index (χ2v) is 5.36. The molecule has 1 aromatic rings. The number of nitrogens with two attached hydrogens (primary N) is 1. The number of rotatable bonds is 2. The first-order chi connectivity index (χ1) is 8.68. The number of hydrogen-bond donors (Lipinski definition) is 1. The van der Waals surface area contributed by atoms with E-state index in [0.29, 0.717) is 5.69 Å². The molecule has 2 amide bonds. The van der Waals surface area contributed by atoms with Crippen LogP contribution in [0.4, 0.5) is 5.69 Å². The minimum atomic E-state index is -0.976. The Bertz CT molecular complexity index is 504. The third-order valence-corrected chi connectivity index (χ3v) is 2.89. The molecular formula is C14H20N2O3. The number of anilines is 1. The number of benzene rings is 1. The van der Waals surface area contributed by atoms with E-state index < -0.39 is 11.8 Å². The number of methoxy groups -OCH3 is 1. The number of carbonyl (C=O) groups is 2. The Hall–Kier alpha value is -2.04. The van der Waals surface area contributed by atoms with E-state index in [0.717, 1.165) is 11.3 Å². The maximum atomic E-state index is 11.6. The van der Waals surface area contributed by atoms with Crippen LogP contribution in [-0.2, 0) is 15.0 Å². The summed E-state index contributed by atoms with van der Waals surface area (Å²) in [6.07, 6.45) is 0. The van der Waals surface area contributed by atoms with Crippen LogP contribution in [0, 0.1) is 0 Å². The van der Waals surface area contributed by atoms with Gasteiger partial charge in [-0.25, -0.2) is 0 Å². The summed E-state index contributed by atoms with van der Waals surface area (Å²) in [5.74, 6) is -0.975. The van der Waals surface area contributed by atoms with Crippen molar-refractivity contribution < 1.29 is 14.3 Å². The smallest absolute Gasteiger partial charge is 0.315 e. The predicted molar refractivity (Wildman–Crippen MR) is 74.3 cm³/mol. The summed E-state index contributed by atoms with van der Waals surface area (Å²) >= 11 is 0. The van der Waals surface area contributed by atoms with E-state index in [1.54, 1.807) is 19.2 Å². The molecule has 0 bridgehead atoms. The fourth-order valence-electron chi connectivity index (χ4n) is 1.77. The van der Waals surface area contributed by atoms with Crippen LogP contribution in [0.2, 0.25) is 0 Å². The zero-order valence-corrected chi connectivity index (χ0v) is 12.0. The van der Waals surface area contributed by atoms with Crippen molar-refractivity contribution in [2.24, 2.45) is 5.73 Å². The molecule has 0 saturated carbocycles. The molecule has 1 aromatic carbocycles. The summed E-state index contributed by atoms with van der Waals surface area (Å²) in [6, 6.07) is 5.33. The van der Waals surface area contributed by atoms with Gasteiger partial charge in [0.15, 0.2) is 0 Å². The van der Waals surface area contributed by atoms with Crippen molar-refractivity contribution >= 4 is 17.5 Å². The fraction of sp³-hybridized carbons (Fsp3) is 0.429. The van der Waals surface area contributed by atoms with Crippen LogP contribution >= 0.6 is 0 Å². The molecule has 1 rings (SSSR count). The van der Waals surface area contributed by atoms with E-state index in [9.17, 15) is 9.59 Å². The standard InChI is InChI=1S/C14H20N2O3/c1-14(2,3)10-8-9(6-7-11(10)19-5)16(4)13(18)12(15)17/h6-8H,1-5H3,(H2,15,17). The number of carbonyl (C=O) groups excluding carboxylic acids is 2. The topological polar surface area (TPSA) is 72.6 Å². The second-order valence-electron chi connectivity index (χ2n) is 5.36. The fourth-order valence-corrected chi connectivity index (χ4v) is 1.77. The van der Waals surface area contributed by atoms with Crippen molar-refractivity contribution in [3.05, 3.63) is 23.8 Å². The molecule has 5 heteroatoms. The van der Waals surface area contributed by atoms with E-state index in [1.165, 1.54) is 11.9 Å². The van der Waals surface area contributed by atoms with Crippen LogP contribution in [0.25, 0.3) is 0 Å². The Morgan fingerprint density at radius 2 is 1.84 bits per heavy atom. The third-order valence-electron chi connectivity index (χ3n) is 2.89. The van der Waals surface area contributed by atoms with Crippen molar-refractivity contribution in [3.8, 4) is 5.75 Å². The molecule has 104 valence electrons. The number of hydrogen-bond acceptors (Lipinski definition) is 3. The molecular weight excluding hydrogens is 244 g/mol. The van der Waals surface area contributed by atoms with E-state index in [4.69, 9.17) is 10.5 Å². The van der Waals surface area contributed by atoms with Gasteiger partial charge in [-0.3, -0.25) is 9.59 Å². The predicted octanol–water partition coefficient (Wildman–Crippen LogP) is 1.44. The molecule has 0 radical (unpaired) electrons. The summed E-state index contributed by atoms with van der Waals surface area (Å²) in [6.45, 7) is 6.14. The molecule has 0 aliphatic rings. The summed E-state index contributed by atoms with van der Waals surface area (Å²) in [5, 5.41) is 0. The number of amides is 2. The molecule has 0 saturated heterocycles. The number of likely N-dealkylation sites (N-methyl/N-ethyl adjacent to an activating group) is 1. The lowest BCUT2D eigenvalue weighted by Crippen LogP contribution is -2.37. The Kier molecular flexibility index (Phi) is 4.19. The lowest BCUT2D eigenvalue weighted by atomic mass is 9.86. The van der Waals surface area contributed by atoms with E-state index in [1.807, 2.05) is 26.8 Å². The molecule has 5 nitrogen and oxygen atoms in total. The Balaban J connectivity index is 3.26. The third kappa shape index (κ3) is 3.24. The Morgan fingerprint density at radius 3 is 2.26 bits per heavy atom. The van der Waals surface area contributed by atoms with Crippen LogP contribution in [0.15, 0.2) is 18.2 Å². The van der Waals surface area contributed by atoms with Gasteiger partial charge in [0.05, 0.1) is 7.11 Å². The number of ether oxygens (including phenoxy) is 1. The van der Waals surface area contributed by atoms with Crippen molar-refractivity contribution in [3.63, 3.8) is 0 Å². The van der Waals surface area contributed by atoms with E-state index >= 15 is 0 Å². The highest BCUT2D eigenvalue weighted by molar-refractivity contribution is 6.39. The molecule has 0 aliphatic heterocycles. The highest BCUT2D eigenvalue weighted by Gasteiger charge is 2.22. The maximum Gasteiger partial charge on any atom is 0.315 e. The lowest BCUT2D eigenvalue weighted by Gasteiger charge is -2.25. The monoisotopic (exact) mass is 264 g/mol. The molecule has 0 fully saturated rings. The van der Waals surface area contributed by atoms with Gasteiger partial charge in [-0.1, -0.05) is 20.8 Å². The van der Waals surface area contributed by atoms with Crippen molar-refractivity contribution in [1.29, 1.82) is 0 Å². The van der Waals surface area contributed by atoms with Gasteiger partial charge in [-0.15, -0.1) is 0 Å². The average Bonchev–Trinajstić information content (AvgIpc) is 2.35. The Morgan fingerprint density at radius 1 is 1.26 bits per heavy atom. The molecule has 0 heterocycles. The summed E-state index contributed by atoms with van der Waals surface area (Å²) in [4.78, 5) is 23.7. The zero-order valence-electron chi connectivity index (χ0n) is 12.0. The highest BCUT2D eigenvalue weighted by Crippen LogP contribution is 2.34. The molecule has 2 N–H and O–H groups in total. The molecule has 0 aromatic heterocycles. The molecule has 19 heavy (non-hydrogen) atoms. The SMILES string of the molecule is COc1ccc(N(C)C(=O)C(N)=O)cc1C(C)(C)C. The Labute approximate surface area is 113 Å². The van der Waals surface area contributed by atoms with E-state index in [-0.39, 0.29) is 5.41 Å². The van der Waals surface area contributed by atoms with Crippen LogP contribution < -0.4 is 15.4 Å². The summed E-state index contributed by atoms with van der Waals surface area (Å²) in [5.41, 5.74) is 6.42. The highest BCUT2D eigenvalue weighted by atomic mass is 16.5. The van der Waals surface area contributed by atoms with Crippen LogP contribution in [0.3, 0.4) is 0 Å². The van der Waals surface area contributed by atoms with Gasteiger partial charge in [0, 0.05) is 18.3 Å². The average molecular weight is 264 g/mol. The molecule has 0 aliphatic carbocycles. The maximum absolute atomic E-state index is 11.6. The van der Waals surface area contributed by atoms with Gasteiger partial charge in [0.1, 0.15) is 5.75 Å². The lowest BCUT2D eigenvalue weighted by molar-refractivity contribution is -0.135. The first kappa shape index (κ1) is 15.0. The van der Waals surface area contributed by atoms with Gasteiger partial charge in [0.25, 0.3) is 0 Å². The normalized spacial score (nSPS) is 11.0. The van der Waals surface area contributed by atoms with E-state index in [2.05, 4.69) is 0 Å². The quantitative estimate of drug-likeness (QED) is 0.821. The summed E-state index contributed by atoms with van der Waals surface area (Å²) in [7, 11) is 3.11. The minimum Gasteiger partial charge on any atom is -0.496 e. The van der Waals surface area contributed by atoms with Gasteiger partial charge in [0.2, 0.25) is 0 Å². The summed E-state index contributed by atoms with van der Waals surface area (Å²) < 4.78 is 5.32. The van der Waals surface area contributed by atoms with Gasteiger partial charge in [-0.2, -0.15) is 0 Å². The van der Waals surface area contributed by atoms with Crippen LogP contribution in [0.1, 0.15) is 26.3 Å². The van der Waals surface area contributed by atoms with Crippen molar-refractivity contribution in [2.75, 3.05) is 19.1 Å².